The summed E-state index contributed by atoms with van der Waals surface area (Å²) >= 11 is 0. The number of pyridine rings is 2. The van der Waals surface area contributed by atoms with E-state index in [0.717, 1.165) is 24.8 Å². The quantitative estimate of drug-likeness (QED) is 0.533. The molecule has 2 unspecified atom stereocenters. The van der Waals surface area contributed by atoms with Gasteiger partial charge < -0.3 is 5.32 Å². The summed E-state index contributed by atoms with van der Waals surface area (Å²) in [5.74, 6) is -0.573. The molecule has 2 amide bonds. The van der Waals surface area contributed by atoms with Gasteiger partial charge >= 0.3 is 6.03 Å². The lowest BCUT2D eigenvalue weighted by Gasteiger charge is -2.34. The summed E-state index contributed by atoms with van der Waals surface area (Å²) in [7, 11) is -3.47. The number of anilines is 1. The van der Waals surface area contributed by atoms with E-state index in [2.05, 4.69) is 20.4 Å². The minimum atomic E-state index is -3.47. The van der Waals surface area contributed by atoms with Crippen molar-refractivity contribution < 1.29 is 17.6 Å². The van der Waals surface area contributed by atoms with Crippen molar-refractivity contribution >= 4 is 21.6 Å². The van der Waals surface area contributed by atoms with Crippen LogP contribution in [-0.4, -0.2) is 46.5 Å². The van der Waals surface area contributed by atoms with Gasteiger partial charge in [-0.1, -0.05) is 13.3 Å². The van der Waals surface area contributed by atoms with Gasteiger partial charge in [-0.05, 0) is 56.0 Å². The number of nitrogens with zero attached hydrogens (tertiary/aromatic N) is 5. The first-order valence-corrected chi connectivity index (χ1v) is 13.0. The molecule has 1 N–H and O–H groups in total. The predicted molar refractivity (Wildman–Crippen MR) is 125 cm³/mol. The van der Waals surface area contributed by atoms with Crippen LogP contribution in [-0.2, 0) is 16.3 Å². The summed E-state index contributed by atoms with van der Waals surface area (Å²) < 4.78 is 38.9. The minimum absolute atomic E-state index is 0.0248. The SMILES string of the molecule is CCCC(NC(=O)N1c2cnn(-c3ccc(F)nc3)c2CCC1C)c1ccnc(S(C)(=O)=O)c1. The number of urea groups is 1. The highest BCUT2D eigenvalue weighted by molar-refractivity contribution is 7.90. The molecule has 0 aliphatic carbocycles. The Labute approximate surface area is 197 Å². The summed E-state index contributed by atoms with van der Waals surface area (Å²) in [6.45, 7) is 3.97. The molecule has 0 spiro atoms. The second kappa shape index (κ2) is 9.49. The zero-order valence-electron chi connectivity index (χ0n) is 19.3. The van der Waals surface area contributed by atoms with E-state index in [9.17, 15) is 17.6 Å². The number of nitrogens with one attached hydrogen (secondary N) is 1. The zero-order valence-corrected chi connectivity index (χ0v) is 20.1. The number of hydrogen-bond acceptors (Lipinski definition) is 6. The first-order valence-electron chi connectivity index (χ1n) is 11.1. The Morgan fingerprint density at radius 3 is 2.74 bits per heavy atom. The van der Waals surface area contributed by atoms with Crippen LogP contribution in [0.4, 0.5) is 14.9 Å². The molecule has 3 aromatic heterocycles. The van der Waals surface area contributed by atoms with Crippen molar-refractivity contribution in [1.29, 1.82) is 0 Å². The third-order valence-electron chi connectivity index (χ3n) is 5.94. The topological polar surface area (TPSA) is 110 Å². The Morgan fingerprint density at radius 1 is 1.26 bits per heavy atom. The molecule has 2 atom stereocenters. The standard InChI is InChI=1S/C23H27FN6O3S/c1-4-5-18(16-10-11-25-22(12-16)34(3,32)33)28-23(31)29-15(2)6-8-19-20(29)14-27-30(19)17-7-9-21(24)26-13-17/h7,9-15,18H,4-6,8H2,1-3H3,(H,28,31). The Balaban J connectivity index is 1.63. The number of sulfone groups is 1. The molecular weight excluding hydrogens is 459 g/mol. The smallest absolute Gasteiger partial charge is 0.322 e. The molecule has 0 aromatic carbocycles. The van der Waals surface area contributed by atoms with Gasteiger partial charge in [0.25, 0.3) is 0 Å². The van der Waals surface area contributed by atoms with Crippen molar-refractivity contribution in [2.75, 3.05) is 11.2 Å². The number of amides is 2. The van der Waals surface area contributed by atoms with Crippen LogP contribution in [0.25, 0.3) is 5.69 Å². The van der Waals surface area contributed by atoms with Crippen LogP contribution in [0.1, 0.15) is 50.4 Å². The Bertz CT molecular complexity index is 1290. The fraction of sp³-hybridized carbons (Fsp3) is 0.391. The van der Waals surface area contributed by atoms with E-state index in [1.165, 1.54) is 24.5 Å². The van der Waals surface area contributed by atoms with Crippen LogP contribution in [0.2, 0.25) is 0 Å². The summed E-state index contributed by atoms with van der Waals surface area (Å²) in [5.41, 5.74) is 2.83. The first kappa shape index (κ1) is 23.8. The summed E-state index contributed by atoms with van der Waals surface area (Å²) in [6.07, 6.45) is 8.46. The van der Waals surface area contributed by atoms with Gasteiger partial charge in [0, 0.05) is 18.5 Å². The van der Waals surface area contributed by atoms with Crippen molar-refractivity contribution in [2.24, 2.45) is 0 Å². The molecule has 0 radical (unpaired) electrons. The highest BCUT2D eigenvalue weighted by atomic mass is 32.2. The monoisotopic (exact) mass is 486 g/mol. The average Bonchev–Trinajstić information content (AvgIpc) is 3.22. The van der Waals surface area contributed by atoms with Crippen molar-refractivity contribution in [3.05, 3.63) is 60.1 Å². The number of fused-ring (bicyclic) bond motifs is 1. The lowest BCUT2D eigenvalue weighted by Crippen LogP contribution is -2.48. The maximum atomic E-state index is 13.5. The summed E-state index contributed by atoms with van der Waals surface area (Å²) in [6, 6.07) is 5.37. The lowest BCUT2D eigenvalue weighted by atomic mass is 10.0. The molecule has 180 valence electrons. The van der Waals surface area contributed by atoms with Crippen LogP contribution in [0.15, 0.2) is 47.9 Å². The van der Waals surface area contributed by atoms with Gasteiger partial charge in [0.2, 0.25) is 5.95 Å². The van der Waals surface area contributed by atoms with Gasteiger partial charge in [-0.2, -0.15) is 9.49 Å². The molecule has 11 heteroatoms. The Hall–Kier alpha value is -3.34. The maximum absolute atomic E-state index is 13.5. The molecule has 1 aliphatic heterocycles. The molecule has 34 heavy (non-hydrogen) atoms. The highest BCUT2D eigenvalue weighted by Crippen LogP contribution is 2.33. The van der Waals surface area contributed by atoms with E-state index in [0.29, 0.717) is 29.8 Å². The molecular formula is C23H27FN6O3S. The summed E-state index contributed by atoms with van der Waals surface area (Å²) in [4.78, 5) is 22.8. The van der Waals surface area contributed by atoms with Gasteiger partial charge in [0.05, 0.1) is 35.5 Å². The van der Waals surface area contributed by atoms with E-state index in [1.807, 2.05) is 13.8 Å². The fourth-order valence-electron chi connectivity index (χ4n) is 4.21. The number of carbonyl (C=O) groups is 1. The Kier molecular flexibility index (Phi) is 6.65. The van der Waals surface area contributed by atoms with Gasteiger partial charge in [-0.3, -0.25) is 4.90 Å². The molecule has 0 saturated carbocycles. The van der Waals surface area contributed by atoms with Gasteiger partial charge in [0.15, 0.2) is 14.9 Å². The molecule has 3 aromatic rings. The minimum Gasteiger partial charge on any atom is -0.331 e. The predicted octanol–water partition coefficient (Wildman–Crippen LogP) is 3.60. The number of rotatable bonds is 6. The molecule has 4 heterocycles. The fourth-order valence-corrected chi connectivity index (χ4v) is 4.81. The lowest BCUT2D eigenvalue weighted by molar-refractivity contribution is 0.239. The average molecular weight is 487 g/mol. The van der Waals surface area contributed by atoms with Crippen LogP contribution >= 0.6 is 0 Å². The van der Waals surface area contributed by atoms with Crippen LogP contribution in [0.3, 0.4) is 0 Å². The molecule has 9 nitrogen and oxygen atoms in total. The summed E-state index contributed by atoms with van der Waals surface area (Å²) in [5, 5.41) is 7.49. The molecule has 1 aliphatic rings. The molecule has 0 bridgehead atoms. The molecule has 0 fully saturated rings. The zero-order chi connectivity index (χ0) is 24.5. The van der Waals surface area contributed by atoms with E-state index in [-0.39, 0.29) is 23.1 Å². The number of aromatic nitrogens is 4. The van der Waals surface area contributed by atoms with Crippen molar-refractivity contribution in [1.82, 2.24) is 25.1 Å². The molecule has 4 rings (SSSR count). The third-order valence-corrected chi connectivity index (χ3v) is 6.92. The van der Waals surface area contributed by atoms with E-state index >= 15 is 0 Å². The second-order valence-corrected chi connectivity index (χ2v) is 10.4. The number of hydrogen-bond donors (Lipinski definition) is 1. The maximum Gasteiger partial charge on any atom is 0.322 e. The van der Waals surface area contributed by atoms with Crippen molar-refractivity contribution in [3.63, 3.8) is 0 Å². The third kappa shape index (κ3) is 4.79. The highest BCUT2D eigenvalue weighted by Gasteiger charge is 2.33. The van der Waals surface area contributed by atoms with E-state index < -0.39 is 15.8 Å². The van der Waals surface area contributed by atoms with Crippen molar-refractivity contribution in [3.8, 4) is 5.69 Å². The molecule has 0 saturated heterocycles. The van der Waals surface area contributed by atoms with Gasteiger partial charge in [-0.15, -0.1) is 0 Å². The van der Waals surface area contributed by atoms with E-state index in [1.54, 1.807) is 27.9 Å². The van der Waals surface area contributed by atoms with Gasteiger partial charge in [0.1, 0.15) is 0 Å². The number of carbonyl (C=O) groups excluding carboxylic acids is 1. The van der Waals surface area contributed by atoms with Gasteiger partial charge in [-0.25, -0.2) is 27.9 Å². The van der Waals surface area contributed by atoms with Crippen LogP contribution in [0.5, 0.6) is 0 Å². The van der Waals surface area contributed by atoms with E-state index in [4.69, 9.17) is 0 Å². The second-order valence-electron chi connectivity index (χ2n) is 8.48. The number of halogens is 1. The first-order chi connectivity index (χ1) is 16.2. The normalized spacial score (nSPS) is 16.7. The van der Waals surface area contributed by atoms with Crippen LogP contribution in [0, 0.1) is 5.95 Å². The largest absolute Gasteiger partial charge is 0.331 e. The van der Waals surface area contributed by atoms with Crippen molar-refractivity contribution in [2.45, 2.75) is 56.6 Å². The van der Waals surface area contributed by atoms with Crippen LogP contribution < -0.4 is 10.2 Å². The Morgan fingerprint density at radius 2 is 2.06 bits per heavy atom.